The summed E-state index contributed by atoms with van der Waals surface area (Å²) < 4.78 is 23.2. The van der Waals surface area contributed by atoms with Crippen LogP contribution in [-0.4, -0.2) is 20.2 Å². The van der Waals surface area contributed by atoms with E-state index in [2.05, 4.69) is 40.2 Å². The summed E-state index contributed by atoms with van der Waals surface area (Å²) in [5, 5.41) is 2.31. The molecule has 0 aromatic heterocycles. The van der Waals surface area contributed by atoms with Crippen molar-refractivity contribution in [2.75, 3.05) is 14.2 Å². The second-order valence-electron chi connectivity index (χ2n) is 8.19. The molecule has 1 aliphatic rings. The molecule has 0 saturated carbocycles. The molecule has 0 atom stereocenters. The van der Waals surface area contributed by atoms with Crippen LogP contribution in [0, 0.1) is 0 Å². The maximum atomic E-state index is 12.5. The summed E-state index contributed by atoms with van der Waals surface area (Å²) >= 11 is 3.61. The zero-order valence-electron chi connectivity index (χ0n) is 19.8. The number of esters is 1. The quantitative estimate of drug-likeness (QED) is 0.183. The minimum Gasteiger partial charge on any atom is -0.497 e. The molecule has 0 unspecified atom stereocenters. The summed E-state index contributed by atoms with van der Waals surface area (Å²) in [4.78, 5) is 12.5. The molecule has 6 heteroatoms. The van der Waals surface area contributed by atoms with Gasteiger partial charge in [-0.25, -0.2) is 4.79 Å². The number of cyclic esters (lactones) is 1. The van der Waals surface area contributed by atoms with Crippen LogP contribution in [0.15, 0.2) is 95.0 Å². The van der Waals surface area contributed by atoms with Crippen molar-refractivity contribution < 1.29 is 23.7 Å². The Kier molecular flexibility index (Phi) is 6.78. The Morgan fingerprint density at radius 3 is 2.47 bits per heavy atom. The summed E-state index contributed by atoms with van der Waals surface area (Å²) in [7, 11) is 3.20. The van der Waals surface area contributed by atoms with E-state index in [0.717, 1.165) is 37.7 Å². The number of benzene rings is 4. The van der Waals surface area contributed by atoms with Crippen LogP contribution < -0.4 is 14.2 Å². The average molecular weight is 543 g/mol. The summed E-state index contributed by atoms with van der Waals surface area (Å²) in [6, 6.07) is 25.5. The molecule has 4 aromatic rings. The number of hydrogen-bond acceptors (Lipinski definition) is 5. The molecule has 0 spiro atoms. The third-order valence-corrected chi connectivity index (χ3v) is 6.51. The van der Waals surface area contributed by atoms with Crippen LogP contribution in [-0.2, 0) is 16.1 Å². The van der Waals surface area contributed by atoms with Crippen LogP contribution in [0.25, 0.3) is 22.6 Å². The zero-order valence-corrected chi connectivity index (χ0v) is 21.4. The second-order valence-corrected chi connectivity index (χ2v) is 9.04. The number of hydrogen-bond donors (Lipinski definition) is 0. The number of fused-ring (bicyclic) bond motifs is 1. The Hall–Kier alpha value is -4.03. The van der Waals surface area contributed by atoms with E-state index in [-0.39, 0.29) is 0 Å². The lowest BCUT2D eigenvalue weighted by atomic mass is 10.1. The fourth-order valence-electron chi connectivity index (χ4n) is 4.10. The lowest BCUT2D eigenvalue weighted by Gasteiger charge is -2.15. The number of ether oxygens (including phenoxy) is 4. The molecular formula is C30H23BrO5. The van der Waals surface area contributed by atoms with Gasteiger partial charge < -0.3 is 18.9 Å². The van der Waals surface area contributed by atoms with Crippen molar-refractivity contribution in [3.05, 3.63) is 112 Å². The van der Waals surface area contributed by atoms with Crippen LogP contribution in [0.5, 0.6) is 17.2 Å². The van der Waals surface area contributed by atoms with Crippen LogP contribution in [0.4, 0.5) is 0 Å². The van der Waals surface area contributed by atoms with Crippen molar-refractivity contribution >= 4 is 44.5 Å². The first kappa shape index (κ1) is 23.7. The summed E-state index contributed by atoms with van der Waals surface area (Å²) in [5.41, 5.74) is 3.09. The molecule has 0 bridgehead atoms. The van der Waals surface area contributed by atoms with Gasteiger partial charge in [0.1, 0.15) is 18.1 Å². The van der Waals surface area contributed by atoms with E-state index in [0.29, 0.717) is 29.4 Å². The third kappa shape index (κ3) is 4.86. The van der Waals surface area contributed by atoms with Gasteiger partial charge in [0.15, 0.2) is 11.5 Å². The Morgan fingerprint density at radius 1 is 0.917 bits per heavy atom. The highest BCUT2D eigenvalue weighted by molar-refractivity contribution is 9.10. The lowest BCUT2D eigenvalue weighted by Crippen LogP contribution is -2.00. The van der Waals surface area contributed by atoms with Crippen molar-refractivity contribution in [3.63, 3.8) is 0 Å². The van der Waals surface area contributed by atoms with Crippen molar-refractivity contribution in [1.29, 1.82) is 0 Å². The molecule has 1 aliphatic heterocycles. The fraction of sp³-hybridized carbons (Fsp3) is 0.100. The molecule has 180 valence electrons. The van der Waals surface area contributed by atoms with Crippen molar-refractivity contribution in [3.8, 4) is 17.2 Å². The Bertz CT molecular complexity index is 1500. The van der Waals surface area contributed by atoms with Crippen LogP contribution in [0.1, 0.15) is 16.7 Å². The van der Waals surface area contributed by atoms with E-state index in [1.165, 1.54) is 0 Å². The average Bonchev–Trinajstić information content (AvgIpc) is 3.27. The molecule has 0 fully saturated rings. The molecule has 0 amide bonds. The number of carbonyl (C=O) groups excluding carboxylic acids is 1. The first-order valence-electron chi connectivity index (χ1n) is 11.3. The number of halogens is 1. The predicted molar refractivity (Wildman–Crippen MR) is 144 cm³/mol. The van der Waals surface area contributed by atoms with Crippen molar-refractivity contribution in [1.82, 2.24) is 0 Å². The van der Waals surface area contributed by atoms with E-state index < -0.39 is 5.97 Å². The number of carbonyl (C=O) groups is 1. The van der Waals surface area contributed by atoms with Gasteiger partial charge in [0, 0.05) is 5.56 Å². The first-order valence-corrected chi connectivity index (χ1v) is 12.1. The molecule has 0 aliphatic carbocycles. The summed E-state index contributed by atoms with van der Waals surface area (Å²) in [6.07, 6.45) is 3.50. The maximum absolute atomic E-state index is 12.5. The van der Waals surface area contributed by atoms with Gasteiger partial charge in [0.25, 0.3) is 0 Å². The number of methoxy groups -OCH3 is 2. The molecular weight excluding hydrogens is 520 g/mol. The van der Waals surface area contributed by atoms with Crippen molar-refractivity contribution in [2.45, 2.75) is 6.61 Å². The monoisotopic (exact) mass is 542 g/mol. The predicted octanol–water partition coefficient (Wildman–Crippen LogP) is 7.18. The first-order chi connectivity index (χ1) is 17.6. The Morgan fingerprint density at radius 2 is 1.69 bits per heavy atom. The van der Waals surface area contributed by atoms with Gasteiger partial charge in [-0.3, -0.25) is 0 Å². The van der Waals surface area contributed by atoms with E-state index in [9.17, 15) is 4.79 Å². The minimum absolute atomic E-state index is 0.386. The Labute approximate surface area is 217 Å². The lowest BCUT2D eigenvalue weighted by molar-refractivity contribution is -0.130. The second kappa shape index (κ2) is 10.3. The van der Waals surface area contributed by atoms with Gasteiger partial charge in [-0.15, -0.1) is 0 Å². The number of rotatable bonds is 7. The largest absolute Gasteiger partial charge is 0.497 e. The van der Waals surface area contributed by atoms with E-state index in [4.69, 9.17) is 18.9 Å². The molecule has 0 radical (unpaired) electrons. The molecule has 0 saturated heterocycles. The van der Waals surface area contributed by atoms with Crippen LogP contribution in [0.3, 0.4) is 0 Å². The van der Waals surface area contributed by atoms with E-state index in [1.54, 1.807) is 26.4 Å². The Balaban J connectivity index is 1.40. The minimum atomic E-state index is -0.410. The molecule has 36 heavy (non-hydrogen) atoms. The van der Waals surface area contributed by atoms with Crippen LogP contribution >= 0.6 is 15.9 Å². The fourth-order valence-corrected chi connectivity index (χ4v) is 4.67. The van der Waals surface area contributed by atoms with Gasteiger partial charge in [-0.2, -0.15) is 0 Å². The van der Waals surface area contributed by atoms with Gasteiger partial charge >= 0.3 is 5.97 Å². The maximum Gasteiger partial charge on any atom is 0.343 e. The summed E-state index contributed by atoms with van der Waals surface area (Å²) in [6.45, 7) is 0.386. The van der Waals surface area contributed by atoms with Crippen molar-refractivity contribution in [2.24, 2.45) is 0 Å². The highest BCUT2D eigenvalue weighted by Crippen LogP contribution is 2.39. The highest BCUT2D eigenvalue weighted by atomic mass is 79.9. The SMILES string of the molecule is COc1ccc(C2=C/C(=C\c3cc(Br)c(OCc4cccc5ccccc45)c(OC)c3)C(=O)O2)cc1. The van der Waals surface area contributed by atoms with Gasteiger partial charge in [0.05, 0.1) is 24.3 Å². The molecule has 5 nitrogen and oxygen atoms in total. The highest BCUT2D eigenvalue weighted by Gasteiger charge is 2.22. The van der Waals surface area contributed by atoms with Gasteiger partial charge in [-0.1, -0.05) is 42.5 Å². The zero-order chi connectivity index (χ0) is 25.1. The molecule has 4 aromatic carbocycles. The van der Waals surface area contributed by atoms with Crippen LogP contribution in [0.2, 0.25) is 0 Å². The van der Waals surface area contributed by atoms with E-state index in [1.807, 2.05) is 54.6 Å². The van der Waals surface area contributed by atoms with E-state index >= 15 is 0 Å². The molecule has 1 heterocycles. The molecule has 0 N–H and O–H groups in total. The standard InChI is InChI=1S/C30H23BrO5/c1-33-24-12-10-21(11-13-24)27-17-23(30(32)36-27)14-19-15-26(31)29(28(16-19)34-2)35-18-22-8-5-7-20-6-3-4-9-25(20)22/h3-17H,18H2,1-2H3/b23-14+. The molecule has 5 rings (SSSR count). The third-order valence-electron chi connectivity index (χ3n) is 5.93. The van der Waals surface area contributed by atoms with Gasteiger partial charge in [-0.05, 0) is 86.4 Å². The summed E-state index contributed by atoms with van der Waals surface area (Å²) in [5.74, 6) is 1.97. The topological polar surface area (TPSA) is 54.0 Å². The van der Waals surface area contributed by atoms with Gasteiger partial charge in [0.2, 0.25) is 0 Å². The normalized spacial score (nSPS) is 14.0. The smallest absolute Gasteiger partial charge is 0.343 e.